The Labute approximate surface area is 228 Å². The Morgan fingerprint density at radius 2 is 1.36 bits per heavy atom. The van der Waals surface area contributed by atoms with Crippen LogP contribution in [-0.4, -0.2) is 18.2 Å². The van der Waals surface area contributed by atoms with Gasteiger partial charge in [0.1, 0.15) is 0 Å². The van der Waals surface area contributed by atoms with Crippen LogP contribution in [0.4, 0.5) is 13.2 Å². The lowest BCUT2D eigenvalue weighted by Gasteiger charge is -2.11. The smallest absolute Gasteiger partial charge is 0.213 e. The Balaban J connectivity index is 1.38. The Morgan fingerprint density at radius 1 is 0.667 bits per heavy atom. The summed E-state index contributed by atoms with van der Waals surface area (Å²) in [5, 5.41) is 0. The molecule has 39 heavy (non-hydrogen) atoms. The molecule has 0 saturated carbocycles. The summed E-state index contributed by atoms with van der Waals surface area (Å²) in [6.45, 7) is 5.20. The molecule has 1 heterocycles. The molecule has 0 aliphatic heterocycles. The average molecular weight is 534 g/mol. The number of rotatable bonds is 13. The minimum atomic E-state index is -0.881. The van der Waals surface area contributed by atoms with Crippen LogP contribution in [0, 0.1) is 17.5 Å². The van der Waals surface area contributed by atoms with E-state index in [2.05, 4.69) is 18.8 Å². The van der Waals surface area contributed by atoms with Crippen molar-refractivity contribution in [1.82, 2.24) is 4.98 Å². The molecular formula is C33H34F3NO2. The van der Waals surface area contributed by atoms with Crippen molar-refractivity contribution in [3.05, 3.63) is 102 Å². The van der Waals surface area contributed by atoms with Gasteiger partial charge in [0.05, 0.1) is 13.2 Å². The first-order chi connectivity index (χ1) is 19.0. The quantitative estimate of drug-likeness (QED) is 0.161. The highest BCUT2D eigenvalue weighted by molar-refractivity contribution is 5.65. The van der Waals surface area contributed by atoms with Gasteiger partial charge in [-0.1, -0.05) is 69.2 Å². The first kappa shape index (κ1) is 28.2. The third-order valence-corrected chi connectivity index (χ3v) is 6.62. The van der Waals surface area contributed by atoms with Gasteiger partial charge in [0.2, 0.25) is 5.88 Å². The van der Waals surface area contributed by atoms with Crippen LogP contribution in [0.5, 0.6) is 11.6 Å². The van der Waals surface area contributed by atoms with Crippen LogP contribution in [0.3, 0.4) is 0 Å². The highest BCUT2D eigenvalue weighted by Gasteiger charge is 2.15. The second kappa shape index (κ2) is 13.8. The molecular weight excluding hydrogens is 499 g/mol. The number of ether oxygens (including phenoxy) is 2. The number of benzene rings is 3. The van der Waals surface area contributed by atoms with Crippen LogP contribution in [0.25, 0.3) is 22.3 Å². The molecule has 6 heteroatoms. The summed E-state index contributed by atoms with van der Waals surface area (Å²) in [5.74, 6) is -1.39. The number of aromatic nitrogens is 1. The summed E-state index contributed by atoms with van der Waals surface area (Å²) in [4.78, 5) is 4.21. The number of hydrogen-bond acceptors (Lipinski definition) is 3. The van der Waals surface area contributed by atoms with Crippen molar-refractivity contribution in [1.29, 1.82) is 0 Å². The predicted molar refractivity (Wildman–Crippen MR) is 150 cm³/mol. The lowest BCUT2D eigenvalue weighted by atomic mass is 9.98. The van der Waals surface area contributed by atoms with Crippen molar-refractivity contribution in [3.63, 3.8) is 0 Å². The molecule has 0 spiro atoms. The van der Waals surface area contributed by atoms with Gasteiger partial charge in [-0.25, -0.2) is 18.2 Å². The molecule has 1 aromatic heterocycles. The van der Waals surface area contributed by atoms with Gasteiger partial charge in [-0.3, -0.25) is 0 Å². The van der Waals surface area contributed by atoms with Crippen LogP contribution in [0.2, 0.25) is 0 Å². The summed E-state index contributed by atoms with van der Waals surface area (Å²) in [7, 11) is 0. The molecule has 4 aromatic rings. The zero-order valence-electron chi connectivity index (χ0n) is 22.5. The van der Waals surface area contributed by atoms with Crippen LogP contribution in [-0.2, 0) is 12.8 Å². The monoisotopic (exact) mass is 533 g/mol. The van der Waals surface area contributed by atoms with Crippen LogP contribution in [0.1, 0.15) is 50.7 Å². The van der Waals surface area contributed by atoms with Gasteiger partial charge in [0.15, 0.2) is 23.2 Å². The topological polar surface area (TPSA) is 31.4 Å². The molecule has 3 aromatic carbocycles. The SMILES string of the molecule is CCCCOc1ccc(-c2ccc(CCc3ccc(-c4ccc(OCCCC)c(F)c4)cc3)c(F)c2F)cn1. The maximum absolute atomic E-state index is 14.9. The number of hydrogen-bond donors (Lipinski definition) is 0. The van der Waals surface area contributed by atoms with Crippen molar-refractivity contribution >= 4 is 0 Å². The minimum Gasteiger partial charge on any atom is -0.491 e. The normalized spacial score (nSPS) is 11.0. The van der Waals surface area contributed by atoms with Crippen molar-refractivity contribution in [3.8, 4) is 33.9 Å². The van der Waals surface area contributed by atoms with E-state index in [-0.39, 0.29) is 17.1 Å². The van der Waals surface area contributed by atoms with Crippen LogP contribution >= 0.6 is 0 Å². The molecule has 0 unspecified atom stereocenters. The number of pyridine rings is 1. The molecule has 0 bridgehead atoms. The van der Waals surface area contributed by atoms with Gasteiger partial charge in [0, 0.05) is 23.4 Å². The fraction of sp³-hybridized carbons (Fsp3) is 0.303. The number of nitrogens with zero attached hydrogens (tertiary/aromatic N) is 1. The second-order valence-electron chi connectivity index (χ2n) is 9.53. The van der Waals surface area contributed by atoms with Crippen molar-refractivity contribution in [2.75, 3.05) is 13.2 Å². The largest absolute Gasteiger partial charge is 0.491 e. The number of aryl methyl sites for hydroxylation is 2. The van der Waals surface area contributed by atoms with Crippen molar-refractivity contribution in [2.45, 2.75) is 52.4 Å². The van der Waals surface area contributed by atoms with E-state index < -0.39 is 11.6 Å². The summed E-state index contributed by atoms with van der Waals surface area (Å²) < 4.78 is 55.3. The highest BCUT2D eigenvalue weighted by Crippen LogP contribution is 2.29. The third kappa shape index (κ3) is 7.41. The minimum absolute atomic E-state index is 0.169. The first-order valence-electron chi connectivity index (χ1n) is 13.6. The van der Waals surface area contributed by atoms with E-state index >= 15 is 0 Å². The lowest BCUT2D eigenvalue weighted by Crippen LogP contribution is -2.01. The molecule has 0 aliphatic carbocycles. The Bertz CT molecular complexity index is 1350. The summed E-state index contributed by atoms with van der Waals surface area (Å²) in [5.41, 5.74) is 3.57. The van der Waals surface area contributed by atoms with Gasteiger partial charge < -0.3 is 9.47 Å². The first-order valence-corrected chi connectivity index (χ1v) is 13.6. The molecule has 0 radical (unpaired) electrons. The Morgan fingerprint density at radius 3 is 2.03 bits per heavy atom. The van der Waals surface area contributed by atoms with Gasteiger partial charge in [-0.15, -0.1) is 0 Å². The maximum Gasteiger partial charge on any atom is 0.213 e. The molecule has 0 aliphatic rings. The van der Waals surface area contributed by atoms with Crippen molar-refractivity contribution in [2.24, 2.45) is 0 Å². The van der Waals surface area contributed by atoms with E-state index in [0.29, 0.717) is 43.1 Å². The third-order valence-electron chi connectivity index (χ3n) is 6.62. The van der Waals surface area contributed by atoms with E-state index in [4.69, 9.17) is 9.47 Å². The molecule has 0 amide bonds. The maximum atomic E-state index is 14.9. The van der Waals surface area contributed by atoms with Crippen molar-refractivity contribution < 1.29 is 22.6 Å². The van der Waals surface area contributed by atoms with Crippen LogP contribution < -0.4 is 9.47 Å². The lowest BCUT2D eigenvalue weighted by molar-refractivity contribution is 0.294. The molecule has 0 N–H and O–H groups in total. The summed E-state index contributed by atoms with van der Waals surface area (Å²) in [6, 6.07) is 19.2. The summed E-state index contributed by atoms with van der Waals surface area (Å²) in [6.07, 6.45) is 6.20. The van der Waals surface area contributed by atoms with E-state index in [0.717, 1.165) is 42.4 Å². The fourth-order valence-electron chi connectivity index (χ4n) is 4.22. The Kier molecular flexibility index (Phi) is 10.0. The van der Waals surface area contributed by atoms with Gasteiger partial charge >= 0.3 is 0 Å². The molecule has 4 rings (SSSR count). The Hall–Kier alpha value is -3.80. The molecule has 3 nitrogen and oxygen atoms in total. The fourth-order valence-corrected chi connectivity index (χ4v) is 4.22. The van der Waals surface area contributed by atoms with E-state index in [1.165, 1.54) is 12.3 Å². The summed E-state index contributed by atoms with van der Waals surface area (Å²) >= 11 is 0. The van der Waals surface area contributed by atoms with Crippen LogP contribution in [0.15, 0.2) is 72.9 Å². The standard InChI is InChI=1S/C33H34F3NO2/c1-3-5-19-38-30-17-14-26(21-29(30)34)24-10-7-23(8-11-24)9-12-25-13-16-28(33(36)32(25)35)27-15-18-31(37-22-27)39-20-6-4-2/h7-8,10-11,13-18,21-22H,3-6,9,12,19-20H2,1-2H3. The number of halogens is 3. The highest BCUT2D eigenvalue weighted by atomic mass is 19.2. The van der Waals surface area contributed by atoms with E-state index in [1.54, 1.807) is 30.3 Å². The average Bonchev–Trinajstić information content (AvgIpc) is 2.96. The zero-order chi connectivity index (χ0) is 27.6. The van der Waals surface area contributed by atoms with Gasteiger partial charge in [-0.05, 0) is 66.1 Å². The molecule has 0 atom stereocenters. The van der Waals surface area contributed by atoms with E-state index in [9.17, 15) is 13.2 Å². The second-order valence-corrected chi connectivity index (χ2v) is 9.53. The van der Waals surface area contributed by atoms with E-state index in [1.807, 2.05) is 30.3 Å². The number of unbranched alkanes of at least 4 members (excludes halogenated alkanes) is 2. The zero-order valence-corrected chi connectivity index (χ0v) is 22.5. The molecule has 204 valence electrons. The predicted octanol–water partition coefficient (Wildman–Crippen LogP) is 8.98. The van der Waals surface area contributed by atoms with Gasteiger partial charge in [-0.2, -0.15) is 0 Å². The van der Waals surface area contributed by atoms with Gasteiger partial charge in [0.25, 0.3) is 0 Å². The molecule has 0 saturated heterocycles. The molecule has 0 fully saturated rings.